The Hall–Kier alpha value is -0.940. The Morgan fingerprint density at radius 3 is 2.56 bits per heavy atom. The first-order valence-corrected chi connectivity index (χ1v) is 5.39. The lowest BCUT2D eigenvalue weighted by atomic mass is 9.86. The van der Waals surface area contributed by atoms with E-state index in [1.807, 2.05) is 30.3 Å². The number of aliphatic hydroxyl groups is 2. The van der Waals surface area contributed by atoms with Crippen molar-refractivity contribution in [2.24, 2.45) is 5.92 Å². The van der Waals surface area contributed by atoms with E-state index in [4.69, 9.17) is 9.47 Å². The van der Waals surface area contributed by atoms with Crippen molar-refractivity contribution in [3.05, 3.63) is 35.9 Å². The summed E-state index contributed by atoms with van der Waals surface area (Å²) in [5, 5.41) is 20.0. The van der Waals surface area contributed by atoms with Crippen molar-refractivity contribution in [3.8, 4) is 0 Å². The minimum absolute atomic E-state index is 0.141. The zero-order chi connectivity index (χ0) is 11.2. The maximum absolute atomic E-state index is 10.2. The van der Waals surface area contributed by atoms with Gasteiger partial charge in [0, 0.05) is 0 Å². The molecule has 86 valence electrons. The second kappa shape index (κ2) is 3.53. The van der Waals surface area contributed by atoms with Crippen molar-refractivity contribution in [2.45, 2.75) is 18.0 Å². The van der Waals surface area contributed by atoms with Crippen LogP contribution in [0.4, 0.5) is 0 Å². The first kappa shape index (κ1) is 10.2. The normalized spacial score (nSPS) is 42.2. The number of fused-ring (bicyclic) bond motifs is 1. The SMILES string of the molecule is O[C@H]1OC[C@]2(O)CO[C@@H](c3ccccc3)[C@H]12. The zero-order valence-electron chi connectivity index (χ0n) is 8.74. The van der Waals surface area contributed by atoms with E-state index in [1.54, 1.807) is 0 Å². The third-order valence-corrected chi connectivity index (χ3v) is 3.40. The first-order valence-electron chi connectivity index (χ1n) is 5.39. The van der Waals surface area contributed by atoms with Gasteiger partial charge >= 0.3 is 0 Å². The molecule has 1 aromatic rings. The Kier molecular flexibility index (Phi) is 2.26. The van der Waals surface area contributed by atoms with E-state index in [0.717, 1.165) is 5.56 Å². The van der Waals surface area contributed by atoms with E-state index in [-0.39, 0.29) is 19.3 Å². The molecule has 4 heteroatoms. The van der Waals surface area contributed by atoms with Gasteiger partial charge in [0.15, 0.2) is 6.29 Å². The summed E-state index contributed by atoms with van der Waals surface area (Å²) in [5.74, 6) is -0.394. The van der Waals surface area contributed by atoms with E-state index in [0.29, 0.717) is 0 Å². The monoisotopic (exact) mass is 222 g/mol. The Bertz CT molecular complexity index is 380. The summed E-state index contributed by atoms with van der Waals surface area (Å²) in [6.45, 7) is 0.358. The third-order valence-electron chi connectivity index (χ3n) is 3.40. The number of rotatable bonds is 1. The molecule has 0 bridgehead atoms. The van der Waals surface area contributed by atoms with Crippen LogP contribution < -0.4 is 0 Å². The van der Waals surface area contributed by atoms with Gasteiger partial charge in [0.05, 0.1) is 25.2 Å². The predicted molar refractivity (Wildman–Crippen MR) is 55.5 cm³/mol. The van der Waals surface area contributed by atoms with Crippen LogP contribution in [0.5, 0.6) is 0 Å². The van der Waals surface area contributed by atoms with Crippen LogP contribution in [0, 0.1) is 5.92 Å². The van der Waals surface area contributed by atoms with Gasteiger partial charge in [0.25, 0.3) is 0 Å². The van der Waals surface area contributed by atoms with Crippen molar-refractivity contribution in [1.82, 2.24) is 0 Å². The van der Waals surface area contributed by atoms with E-state index in [2.05, 4.69) is 0 Å². The van der Waals surface area contributed by atoms with Gasteiger partial charge in [-0.15, -0.1) is 0 Å². The molecule has 2 fully saturated rings. The molecular formula is C12H14O4. The second-order valence-corrected chi connectivity index (χ2v) is 4.47. The van der Waals surface area contributed by atoms with Crippen molar-refractivity contribution in [2.75, 3.05) is 13.2 Å². The Morgan fingerprint density at radius 2 is 1.81 bits per heavy atom. The summed E-state index contributed by atoms with van der Waals surface area (Å²) >= 11 is 0. The largest absolute Gasteiger partial charge is 0.384 e. The Balaban J connectivity index is 1.94. The summed E-state index contributed by atoms with van der Waals surface area (Å²) < 4.78 is 10.7. The zero-order valence-corrected chi connectivity index (χ0v) is 8.74. The molecule has 2 heterocycles. The van der Waals surface area contributed by atoms with Crippen LogP contribution in [0.15, 0.2) is 30.3 Å². The molecule has 2 aliphatic heterocycles. The highest BCUT2D eigenvalue weighted by Crippen LogP contribution is 2.46. The summed E-state index contributed by atoms with van der Waals surface area (Å²) in [6.07, 6.45) is -1.23. The Morgan fingerprint density at radius 1 is 1.12 bits per heavy atom. The topological polar surface area (TPSA) is 58.9 Å². The fourth-order valence-corrected chi connectivity index (χ4v) is 2.55. The van der Waals surface area contributed by atoms with Gasteiger partial charge in [-0.05, 0) is 5.56 Å². The van der Waals surface area contributed by atoms with Crippen LogP contribution in [-0.2, 0) is 9.47 Å². The summed E-state index contributed by atoms with van der Waals surface area (Å²) in [5.41, 5.74) is -0.0760. The number of aliphatic hydroxyl groups excluding tert-OH is 1. The maximum Gasteiger partial charge on any atom is 0.163 e. The van der Waals surface area contributed by atoms with Gasteiger partial charge in [-0.3, -0.25) is 0 Å². The standard InChI is InChI=1S/C12H14O4/c13-11-9-10(8-4-2-1-3-5-8)15-6-12(9,14)7-16-11/h1-5,9-11,13-14H,6-7H2/t9-,10+,11+,12-/m1/s1. The van der Waals surface area contributed by atoms with E-state index in [1.165, 1.54) is 0 Å². The molecule has 0 aliphatic carbocycles. The van der Waals surface area contributed by atoms with Crippen LogP contribution in [0.1, 0.15) is 11.7 Å². The molecule has 0 aromatic heterocycles. The van der Waals surface area contributed by atoms with Gasteiger partial charge in [0.1, 0.15) is 5.60 Å². The molecule has 4 nitrogen and oxygen atoms in total. The minimum atomic E-state index is -1.04. The van der Waals surface area contributed by atoms with E-state index >= 15 is 0 Å². The van der Waals surface area contributed by atoms with Crippen molar-refractivity contribution >= 4 is 0 Å². The van der Waals surface area contributed by atoms with E-state index in [9.17, 15) is 10.2 Å². The molecule has 0 spiro atoms. The summed E-state index contributed by atoms with van der Waals surface area (Å²) in [6, 6.07) is 9.62. The Labute approximate surface area is 93.4 Å². The average Bonchev–Trinajstić information content (AvgIpc) is 2.78. The molecule has 2 aliphatic rings. The third kappa shape index (κ3) is 1.38. The maximum atomic E-state index is 10.2. The fraction of sp³-hybridized carbons (Fsp3) is 0.500. The number of ether oxygens (including phenoxy) is 2. The number of hydrogen-bond acceptors (Lipinski definition) is 4. The minimum Gasteiger partial charge on any atom is -0.384 e. The summed E-state index contributed by atoms with van der Waals surface area (Å²) in [4.78, 5) is 0. The summed E-state index contributed by atoms with van der Waals surface area (Å²) in [7, 11) is 0. The van der Waals surface area contributed by atoms with Crippen LogP contribution in [0.2, 0.25) is 0 Å². The van der Waals surface area contributed by atoms with E-state index < -0.39 is 17.8 Å². The molecule has 2 N–H and O–H groups in total. The van der Waals surface area contributed by atoms with Crippen molar-refractivity contribution in [3.63, 3.8) is 0 Å². The van der Waals surface area contributed by atoms with Gasteiger partial charge in [0.2, 0.25) is 0 Å². The van der Waals surface area contributed by atoms with Gasteiger partial charge < -0.3 is 19.7 Å². The molecule has 1 aromatic carbocycles. The van der Waals surface area contributed by atoms with Crippen LogP contribution in [0.25, 0.3) is 0 Å². The smallest absolute Gasteiger partial charge is 0.163 e. The van der Waals surface area contributed by atoms with Gasteiger partial charge in [-0.25, -0.2) is 0 Å². The first-order chi connectivity index (χ1) is 7.71. The molecular weight excluding hydrogens is 208 g/mol. The van der Waals surface area contributed by atoms with Crippen LogP contribution >= 0.6 is 0 Å². The van der Waals surface area contributed by atoms with Gasteiger partial charge in [-0.1, -0.05) is 30.3 Å². The number of benzene rings is 1. The lowest BCUT2D eigenvalue weighted by molar-refractivity contribution is -0.109. The molecule has 3 rings (SSSR count). The van der Waals surface area contributed by atoms with Crippen molar-refractivity contribution in [1.29, 1.82) is 0 Å². The molecule has 16 heavy (non-hydrogen) atoms. The highest BCUT2D eigenvalue weighted by Gasteiger charge is 2.57. The molecule has 4 atom stereocenters. The van der Waals surface area contributed by atoms with Crippen molar-refractivity contribution < 1.29 is 19.7 Å². The molecule has 2 saturated heterocycles. The predicted octanol–water partition coefficient (Wildman–Crippen LogP) is 0.454. The molecule has 0 amide bonds. The van der Waals surface area contributed by atoms with Gasteiger partial charge in [-0.2, -0.15) is 0 Å². The average molecular weight is 222 g/mol. The quantitative estimate of drug-likeness (QED) is 0.724. The lowest BCUT2D eigenvalue weighted by Crippen LogP contribution is -2.38. The fourth-order valence-electron chi connectivity index (χ4n) is 2.55. The highest BCUT2D eigenvalue weighted by molar-refractivity contribution is 5.22. The lowest BCUT2D eigenvalue weighted by Gasteiger charge is -2.22. The molecule has 0 radical (unpaired) electrons. The van der Waals surface area contributed by atoms with Crippen LogP contribution in [-0.4, -0.2) is 35.3 Å². The van der Waals surface area contributed by atoms with Crippen LogP contribution in [0.3, 0.4) is 0 Å². The molecule has 0 saturated carbocycles. The molecule has 0 unspecified atom stereocenters. The highest BCUT2D eigenvalue weighted by atomic mass is 16.6. The second-order valence-electron chi connectivity index (χ2n) is 4.47. The number of hydrogen-bond donors (Lipinski definition) is 2.